The molecule has 0 aromatic carbocycles. The molecule has 14 nitrogen and oxygen atoms in total. The highest BCUT2D eigenvalue weighted by Crippen LogP contribution is 2.30. The summed E-state index contributed by atoms with van der Waals surface area (Å²) in [6.07, 6.45) is 48.6. The average molecular weight is 1140 g/mol. The summed E-state index contributed by atoms with van der Waals surface area (Å²) in [5, 5.41) is 87.3. The molecule has 2 saturated heterocycles. The summed E-state index contributed by atoms with van der Waals surface area (Å²) in [4.78, 5) is 13.3. The van der Waals surface area contributed by atoms with Crippen molar-refractivity contribution in [3.63, 3.8) is 0 Å². The Morgan fingerprint density at radius 3 is 1.26 bits per heavy atom. The van der Waals surface area contributed by atoms with Crippen LogP contribution in [0.5, 0.6) is 0 Å². The fourth-order valence-corrected chi connectivity index (χ4v) is 10.7. The maximum atomic E-state index is 13.3. The summed E-state index contributed by atoms with van der Waals surface area (Å²) in [5.41, 5.74) is 0. The highest BCUT2D eigenvalue weighted by molar-refractivity contribution is 5.76. The lowest BCUT2D eigenvalue weighted by molar-refractivity contribution is -0.359. The molecule has 0 spiro atoms. The van der Waals surface area contributed by atoms with Crippen LogP contribution in [0, 0.1) is 0 Å². The third-order valence-corrected chi connectivity index (χ3v) is 16.0. The fraction of sp³-hybridized carbons (Fsp3) is 0.864. The van der Waals surface area contributed by atoms with Gasteiger partial charge in [0.05, 0.1) is 32.0 Å². The number of aliphatic hydroxyl groups is 8. The minimum absolute atomic E-state index is 0.240. The summed E-state index contributed by atoms with van der Waals surface area (Å²) in [7, 11) is 0. The SMILES string of the molecule is CCCCCCC/C=C\C/C=C\C/C=C\CCCCCCCCCCCCCCC(=O)NC(COC1OC(CO)C(OC2OC(CO)C(O)C(O)C2O)C(O)C1O)C(O)/C=C/CCCCCCCCCCCCCCCCCCC. The van der Waals surface area contributed by atoms with Crippen molar-refractivity contribution in [1.82, 2.24) is 5.32 Å². The Hall–Kier alpha value is -2.05. The molecule has 9 N–H and O–H groups in total. The van der Waals surface area contributed by atoms with E-state index in [1.807, 2.05) is 6.08 Å². The maximum absolute atomic E-state index is 13.3. The van der Waals surface area contributed by atoms with Crippen molar-refractivity contribution in [3.8, 4) is 0 Å². The first kappa shape index (κ1) is 74.1. The van der Waals surface area contributed by atoms with Crippen LogP contribution in [0.2, 0.25) is 0 Å². The number of hydrogen-bond donors (Lipinski definition) is 9. The standard InChI is InChI=1S/C66H121NO13/c1-3-5-7-9-11-13-15-17-19-21-23-24-25-26-27-28-29-30-32-34-36-38-40-42-44-46-48-50-58(71)67-54(55(70)49-47-45-43-41-39-37-35-33-31-22-20-18-16-14-12-10-8-6-4-2)53-77-65-63(76)61(74)64(57(52-69)79-65)80-66-62(75)60(73)59(72)56(51-68)78-66/h15,17,21,23,25-26,47,49,54-57,59-66,68-70,72-76H,3-14,16,18-20,22,24,27-46,48,50-53H2,1-2H3,(H,67,71)/b17-15-,23-21-,26-25-,49-47+. The third-order valence-electron chi connectivity index (χ3n) is 16.0. The number of rotatable bonds is 53. The van der Waals surface area contributed by atoms with E-state index in [4.69, 9.17) is 18.9 Å². The smallest absolute Gasteiger partial charge is 0.220 e. The molecule has 12 unspecified atom stereocenters. The molecule has 0 bridgehead atoms. The first-order chi connectivity index (χ1) is 39.1. The van der Waals surface area contributed by atoms with Crippen LogP contribution in [0.15, 0.2) is 48.6 Å². The minimum atomic E-state index is -1.79. The molecule has 14 heteroatoms. The van der Waals surface area contributed by atoms with E-state index < -0.39 is 86.8 Å². The topological polar surface area (TPSA) is 228 Å². The Morgan fingerprint density at radius 2 is 0.825 bits per heavy atom. The highest BCUT2D eigenvalue weighted by atomic mass is 16.7. The highest BCUT2D eigenvalue weighted by Gasteiger charge is 2.51. The van der Waals surface area contributed by atoms with Crippen molar-refractivity contribution in [1.29, 1.82) is 0 Å². The van der Waals surface area contributed by atoms with Crippen molar-refractivity contribution in [2.75, 3.05) is 19.8 Å². The average Bonchev–Trinajstić information content (AvgIpc) is 3.49. The van der Waals surface area contributed by atoms with Gasteiger partial charge < -0.3 is 65.1 Å². The van der Waals surface area contributed by atoms with Crippen LogP contribution in [-0.2, 0) is 23.7 Å². The second-order valence-corrected chi connectivity index (χ2v) is 23.2. The number of amides is 1. The molecule has 0 aliphatic carbocycles. The van der Waals surface area contributed by atoms with Crippen LogP contribution in [0.4, 0.5) is 0 Å². The lowest BCUT2D eigenvalue weighted by Crippen LogP contribution is -2.65. The molecule has 0 radical (unpaired) electrons. The Labute approximate surface area is 486 Å². The Bertz CT molecular complexity index is 1530. The number of hydrogen-bond acceptors (Lipinski definition) is 13. The van der Waals surface area contributed by atoms with Gasteiger partial charge >= 0.3 is 0 Å². The molecule has 2 heterocycles. The van der Waals surface area contributed by atoms with Crippen molar-refractivity contribution in [2.24, 2.45) is 0 Å². The predicted molar refractivity (Wildman–Crippen MR) is 323 cm³/mol. The summed E-state index contributed by atoms with van der Waals surface area (Å²) in [5.74, 6) is -0.240. The van der Waals surface area contributed by atoms with Crippen molar-refractivity contribution < 1.29 is 64.6 Å². The molecule has 2 fully saturated rings. The van der Waals surface area contributed by atoms with Crippen LogP contribution in [0.3, 0.4) is 0 Å². The fourth-order valence-electron chi connectivity index (χ4n) is 10.7. The van der Waals surface area contributed by atoms with Gasteiger partial charge in [0.25, 0.3) is 0 Å². The molecule has 2 rings (SSSR count). The van der Waals surface area contributed by atoms with E-state index in [0.717, 1.165) is 51.4 Å². The lowest BCUT2D eigenvalue weighted by atomic mass is 9.97. The van der Waals surface area contributed by atoms with E-state index in [-0.39, 0.29) is 18.9 Å². The largest absolute Gasteiger partial charge is 0.394 e. The number of ether oxygens (including phenoxy) is 4. The second-order valence-electron chi connectivity index (χ2n) is 23.2. The number of aliphatic hydroxyl groups excluding tert-OH is 8. The molecular weight excluding hydrogens is 1010 g/mol. The van der Waals surface area contributed by atoms with E-state index in [0.29, 0.717) is 6.42 Å². The summed E-state index contributed by atoms with van der Waals surface area (Å²) in [6, 6.07) is -0.917. The van der Waals surface area contributed by atoms with E-state index in [1.165, 1.54) is 193 Å². The van der Waals surface area contributed by atoms with Gasteiger partial charge in [0.1, 0.15) is 48.8 Å². The molecule has 0 aromatic rings. The monoisotopic (exact) mass is 1140 g/mol. The van der Waals surface area contributed by atoms with Gasteiger partial charge in [-0.2, -0.15) is 0 Å². The van der Waals surface area contributed by atoms with Gasteiger partial charge in [0.2, 0.25) is 5.91 Å². The van der Waals surface area contributed by atoms with Crippen LogP contribution in [0.25, 0.3) is 0 Å². The normalized spacial score (nSPS) is 24.5. The summed E-state index contributed by atoms with van der Waals surface area (Å²) >= 11 is 0. The van der Waals surface area contributed by atoms with Crippen molar-refractivity contribution in [2.45, 2.75) is 344 Å². The zero-order valence-corrected chi connectivity index (χ0v) is 50.6. The van der Waals surface area contributed by atoms with E-state index >= 15 is 0 Å². The number of allylic oxidation sites excluding steroid dienone is 7. The third kappa shape index (κ3) is 35.9. The van der Waals surface area contributed by atoms with E-state index in [1.54, 1.807) is 6.08 Å². The van der Waals surface area contributed by atoms with Crippen LogP contribution >= 0.6 is 0 Å². The van der Waals surface area contributed by atoms with Gasteiger partial charge in [0, 0.05) is 6.42 Å². The van der Waals surface area contributed by atoms with Gasteiger partial charge in [0.15, 0.2) is 12.6 Å². The Kier molecular flexibility index (Phi) is 47.6. The van der Waals surface area contributed by atoms with Crippen LogP contribution in [-0.4, -0.2) is 140 Å². The number of carbonyl (C=O) groups is 1. The number of carbonyl (C=O) groups excluding carboxylic acids is 1. The lowest BCUT2D eigenvalue weighted by Gasteiger charge is -2.46. The molecule has 2 aliphatic heterocycles. The second kappa shape index (κ2) is 51.4. The van der Waals surface area contributed by atoms with Gasteiger partial charge in [-0.15, -0.1) is 0 Å². The quantitative estimate of drug-likeness (QED) is 0.0204. The first-order valence-electron chi connectivity index (χ1n) is 32.9. The maximum Gasteiger partial charge on any atom is 0.220 e. The predicted octanol–water partition coefficient (Wildman–Crippen LogP) is 12.3. The number of nitrogens with one attached hydrogen (secondary N) is 1. The van der Waals surface area contributed by atoms with Crippen LogP contribution < -0.4 is 5.32 Å². The summed E-state index contributed by atoms with van der Waals surface area (Å²) < 4.78 is 22.8. The molecule has 468 valence electrons. The van der Waals surface area contributed by atoms with E-state index in [2.05, 4.69) is 55.6 Å². The first-order valence-corrected chi connectivity index (χ1v) is 32.9. The number of unbranched alkanes of at least 4 members (excludes halogenated alkanes) is 34. The molecule has 0 aromatic heterocycles. The van der Waals surface area contributed by atoms with Crippen molar-refractivity contribution in [3.05, 3.63) is 48.6 Å². The van der Waals surface area contributed by atoms with Crippen molar-refractivity contribution >= 4 is 5.91 Å². The molecule has 80 heavy (non-hydrogen) atoms. The Morgan fingerprint density at radius 1 is 0.450 bits per heavy atom. The molecule has 1 amide bonds. The minimum Gasteiger partial charge on any atom is -0.394 e. The molecule has 2 aliphatic rings. The van der Waals surface area contributed by atoms with E-state index in [9.17, 15) is 45.6 Å². The van der Waals surface area contributed by atoms with Gasteiger partial charge in [-0.25, -0.2) is 0 Å². The van der Waals surface area contributed by atoms with Gasteiger partial charge in [-0.05, 0) is 57.8 Å². The molecule has 0 saturated carbocycles. The van der Waals surface area contributed by atoms with Gasteiger partial charge in [-0.3, -0.25) is 4.79 Å². The Balaban J connectivity index is 1.71. The zero-order chi connectivity index (χ0) is 58.1. The molecular formula is C66H121NO13. The summed E-state index contributed by atoms with van der Waals surface area (Å²) in [6.45, 7) is 2.81. The zero-order valence-electron chi connectivity index (χ0n) is 50.6. The van der Waals surface area contributed by atoms with Crippen LogP contribution in [0.1, 0.15) is 271 Å². The molecule has 12 atom stereocenters. The van der Waals surface area contributed by atoms with Gasteiger partial charge in [-0.1, -0.05) is 255 Å².